The summed E-state index contributed by atoms with van der Waals surface area (Å²) in [7, 11) is 0. The van der Waals surface area contributed by atoms with Crippen LogP contribution in [0.3, 0.4) is 0 Å². The molecule has 0 aromatic carbocycles. The number of allylic oxidation sites excluding steroid dienone is 1. The molecule has 1 heterocycles. The molecule has 3 nitrogen and oxygen atoms in total. The largest absolute Gasteiger partial charge is 0.410 e. The van der Waals surface area contributed by atoms with Crippen molar-refractivity contribution in [3.05, 3.63) is 11.6 Å². The maximum absolute atomic E-state index is 11.6. The molecule has 0 saturated carbocycles. The normalized spacial score (nSPS) is 21.8. The molecule has 0 aromatic rings. The van der Waals surface area contributed by atoms with Crippen LogP contribution in [0.25, 0.3) is 0 Å². The minimum atomic E-state index is -4.54. The van der Waals surface area contributed by atoms with Crippen LogP contribution in [0.4, 0.5) is 13.2 Å². The molecule has 1 N–H and O–H groups in total. The number of hydrogen-bond acceptors (Lipinski definition) is 2. The van der Waals surface area contributed by atoms with Gasteiger partial charge in [-0.2, -0.15) is 13.2 Å². The highest BCUT2D eigenvalue weighted by Gasteiger charge is 2.31. The van der Waals surface area contributed by atoms with E-state index in [1.807, 2.05) is 0 Å². The predicted molar refractivity (Wildman–Crippen MR) is 31.9 cm³/mol. The first-order valence-electron chi connectivity index (χ1n) is 3.01. The predicted octanol–water partition coefficient (Wildman–Crippen LogP) is 0.522. The van der Waals surface area contributed by atoms with Gasteiger partial charge in [-0.3, -0.25) is 14.9 Å². The molecule has 12 heavy (non-hydrogen) atoms. The molecule has 0 aromatic heterocycles. The summed E-state index contributed by atoms with van der Waals surface area (Å²) in [6.45, 7) is 0. The van der Waals surface area contributed by atoms with Gasteiger partial charge >= 0.3 is 6.18 Å². The molecule has 0 spiro atoms. The molecule has 1 fully saturated rings. The highest BCUT2D eigenvalue weighted by molar-refractivity contribution is 6.13. The Hall–Kier alpha value is -1.33. The summed E-state index contributed by atoms with van der Waals surface area (Å²) in [5.41, 5.74) is -0.535. The summed E-state index contributed by atoms with van der Waals surface area (Å²) in [4.78, 5) is 21.0. The number of nitrogens with one attached hydrogen (secondary N) is 1. The van der Waals surface area contributed by atoms with Gasteiger partial charge in [-0.15, -0.1) is 0 Å². The third-order valence-corrected chi connectivity index (χ3v) is 1.23. The zero-order valence-electron chi connectivity index (χ0n) is 5.73. The quantitative estimate of drug-likeness (QED) is 0.435. The van der Waals surface area contributed by atoms with Crippen molar-refractivity contribution < 1.29 is 22.8 Å². The fourth-order valence-corrected chi connectivity index (χ4v) is 0.818. The summed E-state index contributed by atoms with van der Waals surface area (Å²) in [6, 6.07) is 0. The smallest absolute Gasteiger partial charge is 0.292 e. The number of halogens is 3. The molecule has 0 aliphatic carbocycles. The molecule has 0 unspecified atom stereocenters. The zero-order chi connectivity index (χ0) is 9.35. The lowest BCUT2D eigenvalue weighted by atomic mass is 10.2. The Bertz CT molecular complexity index is 266. The zero-order valence-corrected chi connectivity index (χ0v) is 5.73. The van der Waals surface area contributed by atoms with E-state index in [0.29, 0.717) is 0 Å². The van der Waals surface area contributed by atoms with Crippen molar-refractivity contribution in [3.63, 3.8) is 0 Å². The lowest BCUT2D eigenvalue weighted by Gasteiger charge is -1.98. The van der Waals surface area contributed by atoms with Crippen molar-refractivity contribution in [2.75, 3.05) is 0 Å². The monoisotopic (exact) mass is 179 g/mol. The molecular weight excluding hydrogens is 175 g/mol. The molecule has 6 heteroatoms. The molecule has 2 amide bonds. The van der Waals surface area contributed by atoms with E-state index in [2.05, 4.69) is 0 Å². The number of carbonyl (C=O) groups is 2. The minimum absolute atomic E-state index is 0.159. The topological polar surface area (TPSA) is 46.2 Å². The van der Waals surface area contributed by atoms with E-state index >= 15 is 0 Å². The second kappa shape index (κ2) is 2.62. The molecule has 0 bridgehead atoms. The second-order valence-corrected chi connectivity index (χ2v) is 2.27. The Morgan fingerprint density at radius 1 is 1.33 bits per heavy atom. The highest BCUT2D eigenvalue weighted by Crippen LogP contribution is 2.21. The maximum atomic E-state index is 11.6. The van der Waals surface area contributed by atoms with Crippen LogP contribution in [0.15, 0.2) is 11.6 Å². The van der Waals surface area contributed by atoms with Crippen molar-refractivity contribution >= 4 is 11.8 Å². The van der Waals surface area contributed by atoms with Crippen molar-refractivity contribution in [1.29, 1.82) is 0 Å². The van der Waals surface area contributed by atoms with Gasteiger partial charge in [0, 0.05) is 11.6 Å². The summed E-state index contributed by atoms with van der Waals surface area (Å²) in [6.07, 6.45) is -5.19. The van der Waals surface area contributed by atoms with Crippen LogP contribution in [0.5, 0.6) is 0 Å². The van der Waals surface area contributed by atoms with E-state index in [0.717, 1.165) is 0 Å². The Morgan fingerprint density at radius 3 is 2.25 bits per heavy atom. The number of carbonyl (C=O) groups excluding carboxylic acids is 2. The highest BCUT2D eigenvalue weighted by atomic mass is 19.4. The van der Waals surface area contributed by atoms with Crippen LogP contribution in [0.2, 0.25) is 0 Å². The molecule has 1 aliphatic rings. The van der Waals surface area contributed by atoms with Gasteiger partial charge < -0.3 is 0 Å². The molecule has 66 valence electrons. The minimum Gasteiger partial charge on any atom is -0.292 e. The van der Waals surface area contributed by atoms with Gasteiger partial charge in [0.15, 0.2) is 0 Å². The molecule has 0 atom stereocenters. The van der Waals surface area contributed by atoms with Gasteiger partial charge in [-0.05, 0) is 0 Å². The van der Waals surface area contributed by atoms with Crippen LogP contribution >= 0.6 is 0 Å². The van der Waals surface area contributed by atoms with E-state index < -0.39 is 30.0 Å². The number of rotatable bonds is 0. The average molecular weight is 179 g/mol. The van der Waals surface area contributed by atoms with Crippen molar-refractivity contribution in [2.45, 2.75) is 12.6 Å². The van der Waals surface area contributed by atoms with Gasteiger partial charge in [0.05, 0.1) is 6.42 Å². The summed E-state index contributed by atoms with van der Waals surface area (Å²) < 4.78 is 34.9. The number of hydrogen-bond donors (Lipinski definition) is 1. The van der Waals surface area contributed by atoms with E-state index in [-0.39, 0.29) is 6.08 Å². The van der Waals surface area contributed by atoms with E-state index in [1.165, 1.54) is 0 Å². The molecule has 1 rings (SSSR count). The first-order valence-corrected chi connectivity index (χ1v) is 3.01. The SMILES string of the molecule is O=C1C/C(=C/C(F)(F)F)C(=O)N1. The van der Waals surface area contributed by atoms with Crippen LogP contribution < -0.4 is 5.32 Å². The molecular formula is C6H4F3NO2. The second-order valence-electron chi connectivity index (χ2n) is 2.27. The lowest BCUT2D eigenvalue weighted by molar-refractivity contribution is -0.124. The average Bonchev–Trinajstić information content (AvgIpc) is 2.06. The summed E-state index contributed by atoms with van der Waals surface area (Å²) in [5.74, 6) is -1.66. The Kier molecular flexibility index (Phi) is 1.91. The third-order valence-electron chi connectivity index (χ3n) is 1.23. The summed E-state index contributed by atoms with van der Waals surface area (Å²) >= 11 is 0. The fourth-order valence-electron chi connectivity index (χ4n) is 0.818. The summed E-state index contributed by atoms with van der Waals surface area (Å²) in [5, 5.41) is 1.74. The standard InChI is InChI=1S/C6H4F3NO2/c7-6(8,9)2-3-1-4(11)10-5(3)12/h2H,1H2,(H,10,11,12)/b3-2-. The maximum Gasteiger partial charge on any atom is 0.410 e. The van der Waals surface area contributed by atoms with Crippen LogP contribution in [-0.4, -0.2) is 18.0 Å². The molecule has 1 saturated heterocycles. The van der Waals surface area contributed by atoms with Gasteiger partial charge in [0.1, 0.15) is 0 Å². The number of imide groups is 1. The Balaban J connectivity index is 2.84. The van der Waals surface area contributed by atoms with Gasteiger partial charge in [-0.1, -0.05) is 0 Å². The van der Waals surface area contributed by atoms with E-state index in [1.54, 1.807) is 5.32 Å². The van der Waals surface area contributed by atoms with E-state index in [4.69, 9.17) is 0 Å². The number of alkyl halides is 3. The van der Waals surface area contributed by atoms with Crippen molar-refractivity contribution in [2.24, 2.45) is 0 Å². The number of amides is 2. The van der Waals surface area contributed by atoms with Gasteiger partial charge in [-0.25, -0.2) is 0 Å². The van der Waals surface area contributed by atoms with Gasteiger partial charge in [0.25, 0.3) is 5.91 Å². The van der Waals surface area contributed by atoms with Crippen molar-refractivity contribution in [1.82, 2.24) is 5.32 Å². The molecule has 0 radical (unpaired) electrons. The van der Waals surface area contributed by atoms with Crippen LogP contribution in [-0.2, 0) is 9.59 Å². The Labute approximate surface area is 65.2 Å². The Morgan fingerprint density at radius 2 is 1.92 bits per heavy atom. The van der Waals surface area contributed by atoms with E-state index in [9.17, 15) is 22.8 Å². The lowest BCUT2D eigenvalue weighted by Crippen LogP contribution is -2.20. The first-order chi connectivity index (χ1) is 5.38. The van der Waals surface area contributed by atoms with Crippen LogP contribution in [0.1, 0.15) is 6.42 Å². The first kappa shape index (κ1) is 8.76. The fraction of sp³-hybridized carbons (Fsp3) is 0.333. The third kappa shape index (κ3) is 2.08. The van der Waals surface area contributed by atoms with Crippen LogP contribution in [0, 0.1) is 0 Å². The van der Waals surface area contributed by atoms with Crippen molar-refractivity contribution in [3.8, 4) is 0 Å². The molecule has 1 aliphatic heterocycles. The van der Waals surface area contributed by atoms with Gasteiger partial charge in [0.2, 0.25) is 5.91 Å².